The van der Waals surface area contributed by atoms with Gasteiger partial charge in [-0.1, -0.05) is 0 Å². The molecule has 0 unspecified atom stereocenters. The van der Waals surface area contributed by atoms with E-state index in [-0.39, 0.29) is 12.5 Å². The number of carbonyl (C=O) groups excluding carboxylic acids is 1. The maximum atomic E-state index is 12.0. The van der Waals surface area contributed by atoms with Crippen molar-refractivity contribution >= 4 is 5.91 Å². The Labute approximate surface area is 100 Å². The minimum atomic E-state index is -0.505. The normalized spacial score (nSPS) is 15.0. The number of alkyl halides is 1. The fourth-order valence-corrected chi connectivity index (χ4v) is 1.95. The van der Waals surface area contributed by atoms with E-state index in [2.05, 4.69) is 0 Å². The smallest absolute Gasteiger partial charge is 0.253 e. The van der Waals surface area contributed by atoms with E-state index in [1.807, 2.05) is 4.90 Å². The summed E-state index contributed by atoms with van der Waals surface area (Å²) < 4.78 is 17.0. The van der Waals surface area contributed by atoms with Crippen LogP contribution in [0.4, 0.5) is 4.39 Å². The molecule has 17 heavy (non-hydrogen) atoms. The molecule has 1 saturated heterocycles. The van der Waals surface area contributed by atoms with Crippen molar-refractivity contribution in [2.24, 2.45) is 0 Å². The molecule has 0 saturated carbocycles. The van der Waals surface area contributed by atoms with Crippen LogP contribution in [0.5, 0.6) is 5.75 Å². The van der Waals surface area contributed by atoms with Gasteiger partial charge in [0.05, 0.1) is 0 Å². The zero-order valence-electron chi connectivity index (χ0n) is 9.69. The third-order valence-corrected chi connectivity index (χ3v) is 2.84. The lowest BCUT2D eigenvalue weighted by atomic mass is 10.2. The van der Waals surface area contributed by atoms with E-state index in [1.54, 1.807) is 24.3 Å². The predicted molar refractivity (Wildman–Crippen MR) is 63.0 cm³/mol. The van der Waals surface area contributed by atoms with E-state index in [0.717, 1.165) is 25.9 Å². The van der Waals surface area contributed by atoms with Crippen LogP contribution in [-0.4, -0.2) is 37.2 Å². The first kappa shape index (κ1) is 11.9. The van der Waals surface area contributed by atoms with Crippen LogP contribution in [0.15, 0.2) is 24.3 Å². The molecule has 4 heteroatoms. The molecule has 0 spiro atoms. The number of carbonyl (C=O) groups is 1. The van der Waals surface area contributed by atoms with Crippen molar-refractivity contribution in [3.63, 3.8) is 0 Å². The summed E-state index contributed by atoms with van der Waals surface area (Å²) in [4.78, 5) is 13.9. The molecule has 1 heterocycles. The highest BCUT2D eigenvalue weighted by atomic mass is 19.1. The van der Waals surface area contributed by atoms with Gasteiger partial charge in [-0.15, -0.1) is 0 Å². The van der Waals surface area contributed by atoms with Crippen molar-refractivity contribution in [1.82, 2.24) is 4.90 Å². The van der Waals surface area contributed by atoms with E-state index < -0.39 is 6.67 Å². The van der Waals surface area contributed by atoms with Crippen molar-refractivity contribution in [3.8, 4) is 5.75 Å². The van der Waals surface area contributed by atoms with E-state index in [9.17, 15) is 9.18 Å². The van der Waals surface area contributed by atoms with Crippen molar-refractivity contribution in [2.75, 3.05) is 26.4 Å². The molecule has 1 aliphatic heterocycles. The van der Waals surface area contributed by atoms with E-state index in [4.69, 9.17) is 4.74 Å². The molecule has 0 atom stereocenters. The molecule has 2 rings (SSSR count). The summed E-state index contributed by atoms with van der Waals surface area (Å²) in [6.07, 6.45) is 2.17. The highest BCUT2D eigenvalue weighted by Crippen LogP contribution is 2.16. The van der Waals surface area contributed by atoms with Crippen molar-refractivity contribution in [3.05, 3.63) is 29.8 Å². The Kier molecular flexibility index (Phi) is 3.96. The lowest BCUT2D eigenvalue weighted by molar-refractivity contribution is 0.0793. The van der Waals surface area contributed by atoms with Gasteiger partial charge in [0, 0.05) is 18.7 Å². The Morgan fingerprint density at radius 3 is 2.47 bits per heavy atom. The quantitative estimate of drug-likeness (QED) is 0.804. The number of hydrogen-bond acceptors (Lipinski definition) is 2. The molecule has 1 aliphatic rings. The molecule has 0 N–H and O–H groups in total. The van der Waals surface area contributed by atoms with Gasteiger partial charge in [-0.05, 0) is 37.1 Å². The molecule has 3 nitrogen and oxygen atoms in total. The summed E-state index contributed by atoms with van der Waals surface area (Å²) in [5.74, 6) is 0.667. The first-order valence-electron chi connectivity index (χ1n) is 5.89. The van der Waals surface area contributed by atoms with Gasteiger partial charge in [0.2, 0.25) is 0 Å². The molecule has 0 bridgehead atoms. The average Bonchev–Trinajstić information content (AvgIpc) is 2.90. The number of hydrogen-bond donors (Lipinski definition) is 0. The Morgan fingerprint density at radius 1 is 1.24 bits per heavy atom. The minimum Gasteiger partial charge on any atom is -0.491 e. The van der Waals surface area contributed by atoms with Gasteiger partial charge in [-0.25, -0.2) is 4.39 Å². The zero-order chi connectivity index (χ0) is 12.1. The number of rotatable bonds is 4. The fourth-order valence-electron chi connectivity index (χ4n) is 1.95. The summed E-state index contributed by atoms with van der Waals surface area (Å²) in [6, 6.07) is 6.88. The van der Waals surface area contributed by atoms with Crippen LogP contribution in [0, 0.1) is 0 Å². The Balaban J connectivity index is 1.99. The van der Waals surface area contributed by atoms with Crippen LogP contribution in [0.25, 0.3) is 0 Å². The van der Waals surface area contributed by atoms with E-state index in [1.165, 1.54) is 0 Å². The van der Waals surface area contributed by atoms with Gasteiger partial charge in [0.25, 0.3) is 5.91 Å². The minimum absolute atomic E-state index is 0.0550. The molecule has 1 aromatic rings. The van der Waals surface area contributed by atoms with Crippen LogP contribution in [0.1, 0.15) is 23.2 Å². The number of ether oxygens (including phenoxy) is 1. The average molecular weight is 237 g/mol. The van der Waals surface area contributed by atoms with Crippen LogP contribution in [-0.2, 0) is 0 Å². The molecule has 0 radical (unpaired) electrons. The summed E-state index contributed by atoms with van der Waals surface area (Å²) in [7, 11) is 0. The van der Waals surface area contributed by atoms with Gasteiger partial charge in [-0.3, -0.25) is 4.79 Å². The number of amides is 1. The Morgan fingerprint density at radius 2 is 1.88 bits per heavy atom. The lowest BCUT2D eigenvalue weighted by Crippen LogP contribution is -2.27. The number of likely N-dealkylation sites (tertiary alicyclic amines) is 1. The first-order chi connectivity index (χ1) is 8.31. The molecule has 92 valence electrons. The lowest BCUT2D eigenvalue weighted by Gasteiger charge is -2.15. The van der Waals surface area contributed by atoms with Crippen LogP contribution in [0.3, 0.4) is 0 Å². The monoisotopic (exact) mass is 237 g/mol. The molecule has 0 aromatic heterocycles. The third-order valence-electron chi connectivity index (χ3n) is 2.84. The van der Waals surface area contributed by atoms with Crippen molar-refractivity contribution in [2.45, 2.75) is 12.8 Å². The van der Waals surface area contributed by atoms with E-state index >= 15 is 0 Å². The predicted octanol–water partition coefficient (Wildman–Crippen LogP) is 2.27. The van der Waals surface area contributed by atoms with E-state index in [0.29, 0.717) is 11.3 Å². The van der Waals surface area contributed by atoms with Crippen LogP contribution < -0.4 is 4.74 Å². The Hall–Kier alpha value is -1.58. The molecule has 1 fully saturated rings. The first-order valence-corrected chi connectivity index (χ1v) is 5.89. The second-order valence-electron chi connectivity index (χ2n) is 4.06. The van der Waals surface area contributed by atoms with Crippen LogP contribution in [0.2, 0.25) is 0 Å². The third kappa shape index (κ3) is 2.96. The summed E-state index contributed by atoms with van der Waals surface area (Å²) >= 11 is 0. The number of benzene rings is 1. The van der Waals surface area contributed by atoms with Gasteiger partial charge >= 0.3 is 0 Å². The second-order valence-corrected chi connectivity index (χ2v) is 4.06. The second kappa shape index (κ2) is 5.66. The molecule has 1 amide bonds. The van der Waals surface area contributed by atoms with Gasteiger partial charge in [-0.2, -0.15) is 0 Å². The number of nitrogens with zero attached hydrogens (tertiary/aromatic N) is 1. The summed E-state index contributed by atoms with van der Waals surface area (Å²) in [6.45, 7) is 1.24. The zero-order valence-corrected chi connectivity index (χ0v) is 9.69. The highest BCUT2D eigenvalue weighted by Gasteiger charge is 2.19. The van der Waals surface area contributed by atoms with Crippen molar-refractivity contribution in [1.29, 1.82) is 0 Å². The van der Waals surface area contributed by atoms with Gasteiger partial charge in [0.1, 0.15) is 19.0 Å². The maximum Gasteiger partial charge on any atom is 0.253 e. The van der Waals surface area contributed by atoms with Gasteiger partial charge in [0.15, 0.2) is 0 Å². The fraction of sp³-hybridized carbons (Fsp3) is 0.462. The Bertz CT molecular complexity index is 372. The summed E-state index contributed by atoms with van der Waals surface area (Å²) in [5.41, 5.74) is 0.666. The van der Waals surface area contributed by atoms with Crippen molar-refractivity contribution < 1.29 is 13.9 Å². The molecular formula is C13H16FNO2. The van der Waals surface area contributed by atoms with Crippen LogP contribution >= 0.6 is 0 Å². The maximum absolute atomic E-state index is 12.0. The molecule has 1 aromatic carbocycles. The summed E-state index contributed by atoms with van der Waals surface area (Å²) in [5, 5.41) is 0. The largest absolute Gasteiger partial charge is 0.491 e. The molecular weight excluding hydrogens is 221 g/mol. The highest BCUT2D eigenvalue weighted by molar-refractivity contribution is 5.94. The topological polar surface area (TPSA) is 29.5 Å². The SMILES string of the molecule is O=C(c1ccc(OCCF)cc1)N1CCCC1. The van der Waals surface area contributed by atoms with Gasteiger partial charge < -0.3 is 9.64 Å². The number of halogens is 1. The molecule has 0 aliphatic carbocycles. The standard InChI is InChI=1S/C13H16FNO2/c14-7-10-17-12-5-3-11(4-6-12)13(16)15-8-1-2-9-15/h3-6H,1-2,7-10H2.